The maximum Gasteiger partial charge on any atom is 0.229 e. The second-order valence-corrected chi connectivity index (χ2v) is 10.4. The van der Waals surface area contributed by atoms with Crippen LogP contribution >= 0.6 is 0 Å². The highest BCUT2D eigenvalue weighted by Gasteiger charge is 2.14. The van der Waals surface area contributed by atoms with E-state index in [9.17, 15) is 13.2 Å². The van der Waals surface area contributed by atoms with Crippen LogP contribution in [0.5, 0.6) is 0 Å². The Kier molecular flexibility index (Phi) is 5.89. The fraction of sp³-hybridized carbons (Fsp3) is 0.240. The van der Waals surface area contributed by atoms with Crippen molar-refractivity contribution in [3.8, 4) is 5.69 Å². The van der Waals surface area contributed by atoms with Crippen molar-refractivity contribution in [1.29, 1.82) is 0 Å². The predicted molar refractivity (Wildman–Crippen MR) is 133 cm³/mol. The van der Waals surface area contributed by atoms with Gasteiger partial charge < -0.3 is 9.88 Å². The third-order valence-electron chi connectivity index (χ3n) is 5.99. The van der Waals surface area contributed by atoms with E-state index in [0.717, 1.165) is 36.0 Å². The van der Waals surface area contributed by atoms with Crippen LogP contribution in [0.3, 0.4) is 0 Å². The van der Waals surface area contributed by atoms with E-state index in [1.165, 1.54) is 17.5 Å². The number of aryl methyl sites for hydroxylation is 2. The van der Waals surface area contributed by atoms with E-state index in [0.29, 0.717) is 29.9 Å². The van der Waals surface area contributed by atoms with Crippen LogP contribution in [0.15, 0.2) is 65.7 Å². The van der Waals surface area contributed by atoms with E-state index in [-0.39, 0.29) is 5.43 Å². The molecule has 0 saturated heterocycles. The van der Waals surface area contributed by atoms with Gasteiger partial charge >= 0.3 is 0 Å². The molecule has 2 heterocycles. The number of aromatic nitrogens is 3. The minimum Gasteiger partial charge on any atom is -0.324 e. The number of hydrogen-bond donors (Lipinski definition) is 2. The lowest BCUT2D eigenvalue weighted by molar-refractivity contribution is 0.588. The van der Waals surface area contributed by atoms with Gasteiger partial charge in [-0.25, -0.2) is 18.1 Å². The van der Waals surface area contributed by atoms with Gasteiger partial charge in [-0.1, -0.05) is 18.2 Å². The number of anilines is 2. The van der Waals surface area contributed by atoms with Gasteiger partial charge in [-0.2, -0.15) is 4.98 Å². The van der Waals surface area contributed by atoms with E-state index in [2.05, 4.69) is 38.2 Å². The second-order valence-electron chi connectivity index (χ2n) is 8.53. The first-order chi connectivity index (χ1) is 16.4. The zero-order valence-electron chi connectivity index (χ0n) is 18.8. The molecule has 174 valence electrons. The summed E-state index contributed by atoms with van der Waals surface area (Å²) in [6, 6.07) is 15.6. The SMILES string of the molecule is CS(=O)(=O)NCCc1ccc(Nc2ncc3c(=O)ccn(-c4ccc5c(c4)CCC5)c3n2)cc1. The average Bonchev–Trinajstić information content (AvgIpc) is 3.28. The Bertz CT molecular complexity index is 1530. The molecule has 0 saturated carbocycles. The van der Waals surface area contributed by atoms with Crippen molar-refractivity contribution in [2.45, 2.75) is 25.7 Å². The topological polar surface area (TPSA) is 106 Å². The molecule has 1 aliphatic carbocycles. The van der Waals surface area contributed by atoms with Crippen LogP contribution in [0.4, 0.5) is 11.6 Å². The van der Waals surface area contributed by atoms with E-state index >= 15 is 0 Å². The van der Waals surface area contributed by atoms with Gasteiger partial charge in [0.1, 0.15) is 0 Å². The molecule has 8 nitrogen and oxygen atoms in total. The minimum absolute atomic E-state index is 0.119. The minimum atomic E-state index is -3.19. The molecule has 0 radical (unpaired) electrons. The molecule has 5 rings (SSSR count). The Balaban J connectivity index is 1.40. The first-order valence-corrected chi connectivity index (χ1v) is 13.1. The highest BCUT2D eigenvalue weighted by Crippen LogP contribution is 2.26. The Morgan fingerprint density at radius 3 is 2.62 bits per heavy atom. The summed E-state index contributed by atoms with van der Waals surface area (Å²) >= 11 is 0. The van der Waals surface area contributed by atoms with E-state index in [4.69, 9.17) is 0 Å². The van der Waals surface area contributed by atoms with Crippen molar-refractivity contribution in [2.75, 3.05) is 18.1 Å². The summed E-state index contributed by atoms with van der Waals surface area (Å²) in [5.41, 5.74) is 5.94. The highest BCUT2D eigenvalue weighted by atomic mass is 32.2. The number of sulfonamides is 1. The summed E-state index contributed by atoms with van der Waals surface area (Å²) in [7, 11) is -3.19. The van der Waals surface area contributed by atoms with E-state index in [1.54, 1.807) is 18.5 Å². The molecule has 4 aromatic rings. The standard InChI is InChI=1S/C25H25N5O3S/c1-34(32,33)27-13-11-17-5-8-20(9-6-17)28-25-26-16-22-23(31)12-14-30(24(22)29-25)21-10-7-18-3-2-4-19(18)15-21/h5-10,12,14-16,27H,2-4,11,13H2,1H3,(H,26,28,29). The molecule has 2 aromatic carbocycles. The lowest BCUT2D eigenvalue weighted by Gasteiger charge is -2.13. The Morgan fingerprint density at radius 1 is 1.03 bits per heavy atom. The maximum absolute atomic E-state index is 12.4. The molecule has 0 aliphatic heterocycles. The summed E-state index contributed by atoms with van der Waals surface area (Å²) in [4.78, 5) is 21.5. The number of nitrogens with one attached hydrogen (secondary N) is 2. The fourth-order valence-electron chi connectivity index (χ4n) is 4.27. The van der Waals surface area contributed by atoms with Crippen LogP contribution < -0.4 is 15.5 Å². The van der Waals surface area contributed by atoms with Crippen LogP contribution in [-0.4, -0.2) is 35.8 Å². The third kappa shape index (κ3) is 4.85. The summed E-state index contributed by atoms with van der Waals surface area (Å²) < 4.78 is 26.8. The monoisotopic (exact) mass is 475 g/mol. The van der Waals surface area contributed by atoms with Crippen LogP contribution in [-0.2, 0) is 29.3 Å². The Hall–Kier alpha value is -3.56. The van der Waals surface area contributed by atoms with Crippen LogP contribution in [0.2, 0.25) is 0 Å². The summed E-state index contributed by atoms with van der Waals surface area (Å²) in [5, 5.41) is 3.65. The lowest BCUT2D eigenvalue weighted by Crippen LogP contribution is -2.24. The number of rotatable bonds is 7. The molecule has 0 atom stereocenters. The van der Waals surface area contributed by atoms with Crippen LogP contribution in [0.25, 0.3) is 16.7 Å². The van der Waals surface area contributed by atoms with Crippen molar-refractivity contribution in [1.82, 2.24) is 19.3 Å². The fourth-order valence-corrected chi connectivity index (χ4v) is 4.75. The van der Waals surface area contributed by atoms with E-state index in [1.807, 2.05) is 28.8 Å². The zero-order valence-corrected chi connectivity index (χ0v) is 19.6. The molecule has 2 aromatic heterocycles. The highest BCUT2D eigenvalue weighted by molar-refractivity contribution is 7.88. The molecule has 0 unspecified atom stereocenters. The molecular formula is C25H25N5O3S. The summed E-state index contributed by atoms with van der Waals surface area (Å²) in [5.74, 6) is 0.388. The predicted octanol–water partition coefficient (Wildman–Crippen LogP) is 3.10. The number of fused-ring (bicyclic) bond motifs is 2. The van der Waals surface area contributed by atoms with E-state index < -0.39 is 10.0 Å². The molecule has 1 aliphatic rings. The number of hydrogen-bond acceptors (Lipinski definition) is 6. The smallest absolute Gasteiger partial charge is 0.229 e. The number of nitrogens with zero attached hydrogens (tertiary/aromatic N) is 3. The number of pyridine rings is 1. The Morgan fingerprint density at radius 2 is 1.82 bits per heavy atom. The number of benzene rings is 2. The molecule has 9 heteroatoms. The molecule has 2 N–H and O–H groups in total. The van der Waals surface area contributed by atoms with Crippen LogP contribution in [0.1, 0.15) is 23.1 Å². The molecule has 34 heavy (non-hydrogen) atoms. The van der Waals surface area contributed by atoms with Crippen molar-refractivity contribution >= 4 is 32.7 Å². The average molecular weight is 476 g/mol. The molecule has 0 spiro atoms. The second kappa shape index (κ2) is 9.00. The first kappa shape index (κ1) is 22.2. The van der Waals surface area contributed by atoms with Gasteiger partial charge in [-0.3, -0.25) is 4.79 Å². The van der Waals surface area contributed by atoms with Crippen molar-refractivity contribution in [3.63, 3.8) is 0 Å². The van der Waals surface area contributed by atoms with Gasteiger partial charge in [0, 0.05) is 36.4 Å². The van der Waals surface area contributed by atoms with Gasteiger partial charge in [0.25, 0.3) is 0 Å². The van der Waals surface area contributed by atoms with Gasteiger partial charge in [-0.05, 0) is 66.6 Å². The van der Waals surface area contributed by atoms with Gasteiger partial charge in [0.05, 0.1) is 11.6 Å². The van der Waals surface area contributed by atoms with Gasteiger partial charge in [-0.15, -0.1) is 0 Å². The maximum atomic E-state index is 12.4. The van der Waals surface area contributed by atoms with Gasteiger partial charge in [0.15, 0.2) is 11.1 Å². The quantitative estimate of drug-likeness (QED) is 0.426. The van der Waals surface area contributed by atoms with Crippen molar-refractivity contribution < 1.29 is 8.42 Å². The Labute approximate surface area is 197 Å². The largest absolute Gasteiger partial charge is 0.324 e. The molecule has 0 fully saturated rings. The first-order valence-electron chi connectivity index (χ1n) is 11.2. The summed E-state index contributed by atoms with van der Waals surface area (Å²) in [6.07, 6.45) is 8.42. The zero-order chi connectivity index (χ0) is 23.7. The van der Waals surface area contributed by atoms with Crippen molar-refractivity contribution in [3.05, 3.63) is 87.8 Å². The lowest BCUT2D eigenvalue weighted by atomic mass is 10.1. The third-order valence-corrected chi connectivity index (χ3v) is 6.71. The molecule has 0 bridgehead atoms. The van der Waals surface area contributed by atoms with Crippen molar-refractivity contribution in [2.24, 2.45) is 0 Å². The normalized spacial score (nSPS) is 13.2. The van der Waals surface area contributed by atoms with Crippen LogP contribution in [0, 0.1) is 0 Å². The summed E-state index contributed by atoms with van der Waals surface area (Å²) in [6.45, 7) is 0.347. The van der Waals surface area contributed by atoms with Gasteiger partial charge in [0.2, 0.25) is 16.0 Å². The molecule has 0 amide bonds. The molecular weight excluding hydrogens is 450 g/mol.